The lowest BCUT2D eigenvalue weighted by atomic mass is 10.0. The van der Waals surface area contributed by atoms with Crippen LogP contribution in [0.5, 0.6) is 0 Å². The van der Waals surface area contributed by atoms with E-state index in [1.165, 1.54) is 29.5 Å². The molecule has 2 amide bonds. The van der Waals surface area contributed by atoms with Gasteiger partial charge >= 0.3 is 0 Å². The molecule has 0 radical (unpaired) electrons. The van der Waals surface area contributed by atoms with Crippen molar-refractivity contribution in [3.63, 3.8) is 0 Å². The Morgan fingerprint density at radius 1 is 1.29 bits per heavy atom. The van der Waals surface area contributed by atoms with E-state index >= 15 is 0 Å². The van der Waals surface area contributed by atoms with Crippen LogP contribution in [-0.4, -0.2) is 22.0 Å². The first-order valence-corrected chi connectivity index (χ1v) is 9.73. The summed E-state index contributed by atoms with van der Waals surface area (Å²) >= 11 is 3.01. The van der Waals surface area contributed by atoms with Gasteiger partial charge in [0.1, 0.15) is 0 Å². The van der Waals surface area contributed by atoms with Gasteiger partial charge in [0.15, 0.2) is 5.13 Å². The minimum atomic E-state index is -0.408. The van der Waals surface area contributed by atoms with Gasteiger partial charge in [0, 0.05) is 16.2 Å². The smallest absolute Gasteiger partial charge is 0.238 e. The van der Waals surface area contributed by atoms with Crippen LogP contribution in [0.15, 0.2) is 29.2 Å². The first-order valence-electron chi connectivity index (χ1n) is 8.04. The number of carbonyl (C=O) groups excluding carboxylic acids is 2. The van der Waals surface area contributed by atoms with Crippen LogP contribution in [-0.2, 0) is 22.4 Å². The van der Waals surface area contributed by atoms with Gasteiger partial charge in [-0.1, -0.05) is 12.1 Å². The van der Waals surface area contributed by atoms with E-state index in [0.29, 0.717) is 5.13 Å². The summed E-state index contributed by atoms with van der Waals surface area (Å²) in [5.41, 5.74) is 1.94. The third kappa shape index (κ3) is 3.18. The molecular weight excluding hydrogens is 342 g/mol. The van der Waals surface area contributed by atoms with Crippen molar-refractivity contribution in [2.75, 3.05) is 10.6 Å². The fraction of sp³-hybridized carbons (Fsp3) is 0.353. The Kier molecular flexibility index (Phi) is 4.28. The highest BCUT2D eigenvalue weighted by Gasteiger charge is 2.29. The maximum absolute atomic E-state index is 12.3. The molecule has 0 fully saturated rings. The fourth-order valence-corrected chi connectivity index (χ4v) is 5.15. The Morgan fingerprint density at radius 3 is 3.00 bits per heavy atom. The molecule has 0 bridgehead atoms. The molecule has 1 aliphatic carbocycles. The lowest BCUT2D eigenvalue weighted by molar-refractivity contribution is -0.120. The maximum Gasteiger partial charge on any atom is 0.238 e. The van der Waals surface area contributed by atoms with Crippen LogP contribution in [0.2, 0.25) is 0 Å². The summed E-state index contributed by atoms with van der Waals surface area (Å²) in [6.07, 6.45) is 4.57. The van der Waals surface area contributed by atoms with Crippen molar-refractivity contribution < 1.29 is 9.59 Å². The van der Waals surface area contributed by atoms with Crippen molar-refractivity contribution in [2.45, 2.75) is 42.2 Å². The topological polar surface area (TPSA) is 71.1 Å². The maximum atomic E-state index is 12.3. The molecule has 2 aliphatic rings. The Balaban J connectivity index is 1.41. The van der Waals surface area contributed by atoms with Gasteiger partial charge in [0.2, 0.25) is 11.8 Å². The number of carbonyl (C=O) groups is 2. The van der Waals surface area contributed by atoms with Gasteiger partial charge in [0.05, 0.1) is 16.6 Å². The Labute approximate surface area is 148 Å². The molecule has 1 aromatic heterocycles. The van der Waals surface area contributed by atoms with E-state index in [9.17, 15) is 9.59 Å². The van der Waals surface area contributed by atoms with Crippen LogP contribution in [0.3, 0.4) is 0 Å². The number of amides is 2. The molecule has 1 unspecified atom stereocenters. The third-order valence-corrected chi connectivity index (χ3v) is 6.52. The van der Waals surface area contributed by atoms with Crippen LogP contribution < -0.4 is 10.6 Å². The Bertz CT molecular complexity index is 779. The van der Waals surface area contributed by atoms with Crippen molar-refractivity contribution in [1.29, 1.82) is 0 Å². The Morgan fingerprint density at radius 2 is 2.12 bits per heavy atom. The van der Waals surface area contributed by atoms with E-state index in [1.54, 1.807) is 11.3 Å². The van der Waals surface area contributed by atoms with Crippen molar-refractivity contribution in [1.82, 2.24) is 4.98 Å². The average molecular weight is 359 g/mol. The fourth-order valence-electron chi connectivity index (χ4n) is 2.97. The van der Waals surface area contributed by atoms with Crippen LogP contribution in [0.1, 0.15) is 29.8 Å². The summed E-state index contributed by atoms with van der Waals surface area (Å²) < 4.78 is 0. The molecule has 7 heteroatoms. The summed E-state index contributed by atoms with van der Waals surface area (Å²) in [5.74, 6) is -0.277. The van der Waals surface area contributed by atoms with Crippen molar-refractivity contribution in [3.05, 3.63) is 34.8 Å². The van der Waals surface area contributed by atoms with E-state index in [0.717, 1.165) is 29.1 Å². The molecule has 1 atom stereocenters. The van der Waals surface area contributed by atoms with Crippen LogP contribution in [0.25, 0.3) is 0 Å². The number of fused-ring (bicyclic) bond motifs is 2. The molecule has 4 rings (SSSR count). The molecule has 5 nitrogen and oxygen atoms in total. The minimum Gasteiger partial charge on any atom is -0.324 e. The number of aromatic nitrogens is 1. The second-order valence-electron chi connectivity index (χ2n) is 5.94. The quantitative estimate of drug-likeness (QED) is 0.880. The number of aryl methyl sites for hydroxylation is 2. The number of hydrogen-bond acceptors (Lipinski definition) is 5. The van der Waals surface area contributed by atoms with E-state index in [2.05, 4.69) is 15.6 Å². The second kappa shape index (κ2) is 6.57. The molecule has 0 saturated carbocycles. The largest absolute Gasteiger partial charge is 0.324 e. The number of benzene rings is 1. The van der Waals surface area contributed by atoms with E-state index in [1.807, 2.05) is 24.3 Å². The number of rotatable bonds is 3. The first-order chi connectivity index (χ1) is 11.7. The summed E-state index contributed by atoms with van der Waals surface area (Å²) in [6, 6.07) is 7.65. The van der Waals surface area contributed by atoms with Crippen molar-refractivity contribution >= 4 is 45.7 Å². The third-order valence-electron chi connectivity index (χ3n) is 4.17. The summed E-state index contributed by atoms with van der Waals surface area (Å²) in [5, 5.41) is 5.99. The van der Waals surface area contributed by atoms with Crippen molar-refractivity contribution in [2.24, 2.45) is 0 Å². The minimum absolute atomic E-state index is 0.118. The molecule has 1 aromatic carbocycles. The second-order valence-corrected chi connectivity index (χ2v) is 8.27. The highest BCUT2D eigenvalue weighted by Crippen LogP contribution is 2.37. The number of thioether (sulfide) groups is 1. The molecule has 2 heterocycles. The van der Waals surface area contributed by atoms with Gasteiger partial charge in [-0.05, 0) is 37.8 Å². The Hall–Kier alpha value is -1.86. The van der Waals surface area contributed by atoms with Gasteiger partial charge < -0.3 is 10.6 Å². The molecule has 24 heavy (non-hydrogen) atoms. The predicted molar refractivity (Wildman–Crippen MR) is 96.7 cm³/mol. The molecule has 0 saturated heterocycles. The lowest BCUT2D eigenvalue weighted by Gasteiger charge is -2.23. The normalized spacial score (nSPS) is 19.2. The number of nitrogens with zero attached hydrogens (tertiary/aromatic N) is 1. The number of anilines is 2. The van der Waals surface area contributed by atoms with Gasteiger partial charge in [-0.25, -0.2) is 4.98 Å². The average Bonchev–Trinajstić information content (AvgIpc) is 2.97. The van der Waals surface area contributed by atoms with Gasteiger partial charge in [0.25, 0.3) is 0 Å². The zero-order valence-electron chi connectivity index (χ0n) is 13.0. The van der Waals surface area contributed by atoms with Gasteiger partial charge in [-0.2, -0.15) is 0 Å². The lowest BCUT2D eigenvalue weighted by Crippen LogP contribution is -2.32. The molecule has 0 spiro atoms. The van der Waals surface area contributed by atoms with E-state index < -0.39 is 5.25 Å². The predicted octanol–water partition coefficient (Wildman–Crippen LogP) is 3.46. The molecule has 124 valence electrons. The highest BCUT2D eigenvalue weighted by molar-refractivity contribution is 8.01. The van der Waals surface area contributed by atoms with E-state index in [-0.39, 0.29) is 18.2 Å². The van der Waals surface area contributed by atoms with Crippen LogP contribution in [0, 0.1) is 0 Å². The summed E-state index contributed by atoms with van der Waals surface area (Å²) in [6.45, 7) is 0. The molecule has 1 aliphatic heterocycles. The molecule has 2 N–H and O–H groups in total. The monoisotopic (exact) mass is 359 g/mol. The van der Waals surface area contributed by atoms with Gasteiger partial charge in [-0.3, -0.25) is 9.59 Å². The zero-order chi connectivity index (χ0) is 16.5. The van der Waals surface area contributed by atoms with E-state index in [4.69, 9.17) is 0 Å². The SMILES string of the molecule is O=C(CC1Sc2ccccc2NC1=O)Nc1nc2c(s1)CCCC2. The highest BCUT2D eigenvalue weighted by atomic mass is 32.2. The first kappa shape index (κ1) is 15.7. The van der Waals surface area contributed by atoms with Crippen LogP contribution >= 0.6 is 23.1 Å². The van der Waals surface area contributed by atoms with Crippen LogP contribution in [0.4, 0.5) is 10.8 Å². The molecule has 2 aromatic rings. The number of nitrogens with one attached hydrogen (secondary N) is 2. The standard InChI is InChI=1S/C17H17N3O2S2/c21-15(20-17-19-11-6-2-4-8-13(11)24-17)9-14-16(22)18-10-5-1-3-7-12(10)23-14/h1,3,5,7,14H,2,4,6,8-9H2,(H,18,22)(H,19,20,21). The van der Waals surface area contributed by atoms with Crippen molar-refractivity contribution in [3.8, 4) is 0 Å². The summed E-state index contributed by atoms with van der Waals surface area (Å²) in [7, 11) is 0. The summed E-state index contributed by atoms with van der Waals surface area (Å²) in [4.78, 5) is 31.3. The number of thiazole rings is 1. The zero-order valence-corrected chi connectivity index (χ0v) is 14.6. The number of hydrogen-bond donors (Lipinski definition) is 2. The number of para-hydroxylation sites is 1. The molecular formula is C17H17N3O2S2. The van der Waals surface area contributed by atoms with Gasteiger partial charge in [-0.15, -0.1) is 23.1 Å².